The minimum Gasteiger partial charge on any atom is -0.387 e. The number of hydrogen-bond donors (Lipinski definition) is 3. The standard InChI is InChI=1S/C70H125N2O6P/c1-6-8-10-12-14-16-18-20-22-24-26-28-30-32-34-35-36-37-38-40-42-44-46-48-50-52-54-56-58-60-62-64-70(74)71-68(67-78-79(75,76)77-66-65-72(3,4)5)69(73)63-61-59-57-55-53-51-49-47-45-43-41-39-33-31-29-27-25-23-21-19-17-15-13-11-9-7-2/h8,10,14,16,20,22,26,28,32,34,36-37,40,42,46,48,61,63,68-69,73H,6-7,9,11-13,15,17-19,21,23-25,27,29-31,33,35,38-39,41,43-45,47,49-60,62,64-67H2,1-5H3,(H-,71,74,75,76)/p+1/b10-8-,16-14-,22-20-,28-26-,34-32-,37-36-,42-40-,48-46-,63-61+. The van der Waals surface area contributed by atoms with Gasteiger partial charge >= 0.3 is 7.82 Å². The summed E-state index contributed by atoms with van der Waals surface area (Å²) in [5, 5.41) is 14.0. The lowest BCUT2D eigenvalue weighted by atomic mass is 10.0. The van der Waals surface area contributed by atoms with Crippen LogP contribution in [0.25, 0.3) is 0 Å². The lowest BCUT2D eigenvalue weighted by Gasteiger charge is -2.25. The third-order valence-electron chi connectivity index (χ3n) is 14.2. The number of quaternary nitrogens is 1. The molecule has 0 aliphatic heterocycles. The fraction of sp³-hybridized carbons (Fsp3) is 0.729. The summed E-state index contributed by atoms with van der Waals surface area (Å²) >= 11 is 0. The van der Waals surface area contributed by atoms with E-state index in [2.05, 4.69) is 116 Å². The summed E-state index contributed by atoms with van der Waals surface area (Å²) < 4.78 is 23.8. The molecule has 3 unspecified atom stereocenters. The predicted octanol–water partition coefficient (Wildman–Crippen LogP) is 20.7. The number of phosphoric acid groups is 1. The molecule has 456 valence electrons. The van der Waals surface area contributed by atoms with E-state index in [1.54, 1.807) is 6.08 Å². The summed E-state index contributed by atoms with van der Waals surface area (Å²) in [5.41, 5.74) is 0. The molecule has 0 heterocycles. The van der Waals surface area contributed by atoms with Crippen LogP contribution in [0.1, 0.15) is 277 Å². The van der Waals surface area contributed by atoms with Gasteiger partial charge < -0.3 is 19.8 Å². The highest BCUT2D eigenvalue weighted by Crippen LogP contribution is 2.43. The molecule has 0 saturated heterocycles. The number of phosphoric ester groups is 1. The highest BCUT2D eigenvalue weighted by atomic mass is 31.2. The van der Waals surface area contributed by atoms with Gasteiger partial charge in [-0.2, -0.15) is 0 Å². The first-order chi connectivity index (χ1) is 38.5. The number of allylic oxidation sites excluding steroid dienone is 17. The molecule has 1 amide bonds. The molecule has 0 fully saturated rings. The first-order valence-electron chi connectivity index (χ1n) is 32.8. The first-order valence-corrected chi connectivity index (χ1v) is 34.3. The maximum Gasteiger partial charge on any atom is 0.472 e. The fourth-order valence-electron chi connectivity index (χ4n) is 9.18. The summed E-state index contributed by atoms with van der Waals surface area (Å²) in [4.78, 5) is 23.4. The highest BCUT2D eigenvalue weighted by Gasteiger charge is 2.27. The molecule has 0 bridgehead atoms. The van der Waals surface area contributed by atoms with Crippen molar-refractivity contribution < 1.29 is 32.9 Å². The second-order valence-corrected chi connectivity index (χ2v) is 24.6. The number of rotatable bonds is 59. The van der Waals surface area contributed by atoms with Gasteiger partial charge in [0, 0.05) is 6.42 Å². The zero-order valence-corrected chi connectivity index (χ0v) is 53.0. The van der Waals surface area contributed by atoms with Gasteiger partial charge in [-0.3, -0.25) is 13.8 Å². The number of carbonyl (C=O) groups excluding carboxylic acids is 1. The second kappa shape index (κ2) is 59.8. The van der Waals surface area contributed by atoms with E-state index in [9.17, 15) is 19.4 Å². The molecule has 0 rings (SSSR count). The number of aliphatic hydroxyl groups excluding tert-OH is 1. The van der Waals surface area contributed by atoms with Crippen molar-refractivity contribution in [2.24, 2.45) is 0 Å². The van der Waals surface area contributed by atoms with Crippen LogP contribution in [0.3, 0.4) is 0 Å². The number of amides is 1. The van der Waals surface area contributed by atoms with Crippen LogP contribution in [-0.4, -0.2) is 73.4 Å². The van der Waals surface area contributed by atoms with Crippen molar-refractivity contribution >= 4 is 13.7 Å². The summed E-state index contributed by atoms with van der Waals surface area (Å²) in [6, 6.07) is -0.864. The Bertz CT molecular complexity index is 1650. The van der Waals surface area contributed by atoms with Gasteiger partial charge in [0.2, 0.25) is 5.91 Å². The zero-order chi connectivity index (χ0) is 57.7. The van der Waals surface area contributed by atoms with Gasteiger partial charge in [-0.1, -0.05) is 297 Å². The molecular weight excluding hydrogens is 996 g/mol. The number of nitrogens with zero attached hydrogens (tertiary/aromatic N) is 1. The number of nitrogens with one attached hydrogen (secondary N) is 1. The van der Waals surface area contributed by atoms with E-state index >= 15 is 0 Å². The Kier molecular flexibility index (Phi) is 57.6. The lowest BCUT2D eigenvalue weighted by molar-refractivity contribution is -0.870. The Hall–Kier alpha value is -2.84. The number of carbonyl (C=O) groups is 1. The summed E-state index contributed by atoms with van der Waals surface area (Å²) in [6.07, 6.45) is 87.8. The van der Waals surface area contributed by atoms with Crippen LogP contribution >= 0.6 is 7.82 Å². The van der Waals surface area contributed by atoms with E-state index in [1.165, 1.54) is 154 Å². The minimum atomic E-state index is -4.36. The van der Waals surface area contributed by atoms with E-state index in [1.807, 2.05) is 27.2 Å². The molecule has 3 atom stereocenters. The molecule has 79 heavy (non-hydrogen) atoms. The number of hydrogen-bond acceptors (Lipinski definition) is 5. The molecule has 0 aromatic rings. The van der Waals surface area contributed by atoms with E-state index < -0.39 is 20.0 Å². The Balaban J connectivity index is 4.22. The topological polar surface area (TPSA) is 105 Å². The maximum atomic E-state index is 13.0. The van der Waals surface area contributed by atoms with Crippen LogP contribution in [0.5, 0.6) is 0 Å². The monoisotopic (exact) mass is 1120 g/mol. The Morgan fingerprint density at radius 3 is 1.11 bits per heavy atom. The van der Waals surface area contributed by atoms with Gasteiger partial charge in [0.25, 0.3) is 0 Å². The minimum absolute atomic E-state index is 0.0531. The van der Waals surface area contributed by atoms with E-state index in [0.717, 1.165) is 103 Å². The number of unbranched alkanes of at least 4 members (excludes halogenated alkanes) is 30. The van der Waals surface area contributed by atoms with Crippen LogP contribution in [0.2, 0.25) is 0 Å². The van der Waals surface area contributed by atoms with Gasteiger partial charge in [0.1, 0.15) is 13.2 Å². The van der Waals surface area contributed by atoms with Gasteiger partial charge in [-0.25, -0.2) is 4.57 Å². The summed E-state index contributed by atoms with van der Waals surface area (Å²) in [6.45, 7) is 4.71. The van der Waals surface area contributed by atoms with Crippen molar-refractivity contribution in [3.05, 3.63) is 109 Å². The maximum absolute atomic E-state index is 13.0. The Labute approximate surface area is 489 Å². The highest BCUT2D eigenvalue weighted by molar-refractivity contribution is 7.47. The van der Waals surface area contributed by atoms with Crippen LogP contribution in [0.4, 0.5) is 0 Å². The second-order valence-electron chi connectivity index (χ2n) is 23.1. The van der Waals surface area contributed by atoms with Crippen molar-refractivity contribution in [2.45, 2.75) is 289 Å². The molecule has 0 saturated carbocycles. The summed E-state index contributed by atoms with van der Waals surface area (Å²) in [7, 11) is 1.55. The molecule has 9 heteroatoms. The molecule has 0 aromatic carbocycles. The summed E-state index contributed by atoms with van der Waals surface area (Å²) in [5.74, 6) is -0.193. The molecule has 3 N–H and O–H groups in total. The largest absolute Gasteiger partial charge is 0.472 e. The van der Waals surface area contributed by atoms with Gasteiger partial charge in [0.15, 0.2) is 0 Å². The molecule has 0 radical (unpaired) electrons. The van der Waals surface area contributed by atoms with Crippen molar-refractivity contribution in [3.8, 4) is 0 Å². The quantitative estimate of drug-likeness (QED) is 0.0243. The van der Waals surface area contributed by atoms with Gasteiger partial charge in [-0.05, 0) is 83.5 Å². The van der Waals surface area contributed by atoms with Crippen LogP contribution in [0, 0.1) is 0 Å². The van der Waals surface area contributed by atoms with Crippen molar-refractivity contribution in [2.75, 3.05) is 40.9 Å². The molecule has 8 nitrogen and oxygen atoms in total. The molecule has 0 aliphatic rings. The van der Waals surface area contributed by atoms with Crippen LogP contribution in [-0.2, 0) is 18.4 Å². The molecule has 0 spiro atoms. The van der Waals surface area contributed by atoms with Crippen molar-refractivity contribution in [1.82, 2.24) is 5.32 Å². The third-order valence-corrected chi connectivity index (χ3v) is 15.2. The Morgan fingerprint density at radius 1 is 0.443 bits per heavy atom. The number of likely N-dealkylation sites (N-methyl/N-ethyl adjacent to an activating group) is 1. The van der Waals surface area contributed by atoms with Crippen molar-refractivity contribution in [1.29, 1.82) is 0 Å². The SMILES string of the molecule is CC/C=C\C/C=C\C/C=C\C/C=C\C/C=C\C/C=C\C/C=C\C/C=C\CCCCCCCCC(=O)NC(COP(=O)(O)OCC[N+](C)(C)C)C(O)/C=C/CCCCCCCCCCCCCCCCCCCCCCCCCC. The number of aliphatic hydroxyl groups is 1. The molecular formula is C70H126N2O6P+. The predicted molar refractivity (Wildman–Crippen MR) is 345 cm³/mol. The van der Waals surface area contributed by atoms with E-state index in [-0.39, 0.29) is 19.1 Å². The fourth-order valence-corrected chi connectivity index (χ4v) is 9.91. The first kappa shape index (κ1) is 76.2. The molecule has 0 aliphatic carbocycles. The van der Waals surface area contributed by atoms with Crippen LogP contribution in [0.15, 0.2) is 109 Å². The third kappa shape index (κ3) is 62.6. The van der Waals surface area contributed by atoms with Crippen LogP contribution < -0.4 is 5.32 Å². The van der Waals surface area contributed by atoms with Gasteiger partial charge in [-0.15, -0.1) is 0 Å². The normalized spacial score (nSPS) is 14.5. The lowest BCUT2D eigenvalue weighted by Crippen LogP contribution is -2.45. The zero-order valence-electron chi connectivity index (χ0n) is 52.1. The Morgan fingerprint density at radius 2 is 0.759 bits per heavy atom. The van der Waals surface area contributed by atoms with Crippen molar-refractivity contribution in [3.63, 3.8) is 0 Å². The van der Waals surface area contributed by atoms with Gasteiger partial charge in [0.05, 0.1) is 39.9 Å². The smallest absolute Gasteiger partial charge is 0.387 e. The average Bonchev–Trinajstić information content (AvgIpc) is 3.42. The van der Waals surface area contributed by atoms with E-state index in [4.69, 9.17) is 9.05 Å². The van der Waals surface area contributed by atoms with E-state index in [0.29, 0.717) is 17.4 Å². The molecule has 0 aromatic heterocycles. The average molecular weight is 1120 g/mol.